The predicted octanol–water partition coefficient (Wildman–Crippen LogP) is 4.20. The van der Waals surface area contributed by atoms with Crippen molar-refractivity contribution in [3.63, 3.8) is 0 Å². The van der Waals surface area contributed by atoms with Crippen molar-refractivity contribution in [2.24, 2.45) is 5.41 Å². The molecule has 0 spiro atoms. The Morgan fingerprint density at radius 3 is 2.52 bits per heavy atom. The van der Waals surface area contributed by atoms with Gasteiger partial charge < -0.3 is 10.2 Å². The van der Waals surface area contributed by atoms with E-state index in [-0.39, 0.29) is 11.8 Å². The van der Waals surface area contributed by atoms with Crippen LogP contribution in [0, 0.1) is 12.3 Å². The third kappa shape index (κ3) is 5.30. The summed E-state index contributed by atoms with van der Waals surface area (Å²) in [5, 5.41) is 3.03. The van der Waals surface area contributed by atoms with Crippen LogP contribution in [-0.4, -0.2) is 41.3 Å². The van der Waals surface area contributed by atoms with Crippen LogP contribution < -0.4 is 5.32 Å². The quantitative estimate of drug-likeness (QED) is 0.598. The van der Waals surface area contributed by atoms with Gasteiger partial charge in [0.25, 0.3) is 0 Å². The van der Waals surface area contributed by atoms with E-state index in [0.29, 0.717) is 38.9 Å². The normalized spacial score (nSPS) is 17.7. The number of nitrogens with zero attached hydrogens (tertiary/aromatic N) is 2. The van der Waals surface area contributed by atoms with E-state index >= 15 is 0 Å². The van der Waals surface area contributed by atoms with Gasteiger partial charge in [0.05, 0.1) is 11.8 Å². The number of nitrogens with one attached hydrogen (secondary N) is 1. The second-order valence-corrected chi connectivity index (χ2v) is 8.98. The highest BCUT2D eigenvalue weighted by Crippen LogP contribution is 2.36. The molecule has 1 unspecified atom stereocenters. The number of aryl methyl sites for hydroxylation is 1. The van der Waals surface area contributed by atoms with Crippen LogP contribution in [0.5, 0.6) is 0 Å². The van der Waals surface area contributed by atoms with E-state index in [4.69, 9.17) is 0 Å². The van der Waals surface area contributed by atoms with Gasteiger partial charge in [-0.25, -0.2) is 0 Å². The molecule has 1 aliphatic rings. The average Bonchev–Trinajstić information content (AvgIpc) is 3.25. The smallest absolute Gasteiger partial charge is 0.228 e. The molecule has 1 saturated heterocycles. The van der Waals surface area contributed by atoms with Gasteiger partial charge in [0, 0.05) is 32.0 Å². The van der Waals surface area contributed by atoms with Crippen molar-refractivity contribution in [2.75, 3.05) is 19.6 Å². The number of amides is 2. The minimum absolute atomic E-state index is 0.0326. The van der Waals surface area contributed by atoms with Crippen molar-refractivity contribution < 1.29 is 9.59 Å². The molecule has 2 heterocycles. The Morgan fingerprint density at radius 2 is 1.76 bits per heavy atom. The SMILES string of the molecule is CCNC(=O)C1(Cc2cccc(-c3ccncc3)c2)CCN(C(=O)Cc2cccc(C)c2)C1. The van der Waals surface area contributed by atoms with E-state index in [9.17, 15) is 9.59 Å². The van der Waals surface area contributed by atoms with Gasteiger partial charge in [-0.3, -0.25) is 14.6 Å². The molecule has 5 nitrogen and oxygen atoms in total. The van der Waals surface area contributed by atoms with Crippen LogP contribution in [0.2, 0.25) is 0 Å². The van der Waals surface area contributed by atoms with E-state index in [2.05, 4.69) is 34.6 Å². The van der Waals surface area contributed by atoms with Crippen LogP contribution in [0.1, 0.15) is 30.0 Å². The summed E-state index contributed by atoms with van der Waals surface area (Å²) >= 11 is 0. The lowest BCUT2D eigenvalue weighted by atomic mass is 9.79. The summed E-state index contributed by atoms with van der Waals surface area (Å²) in [6.07, 6.45) is 5.20. The van der Waals surface area contributed by atoms with Gasteiger partial charge in [-0.15, -0.1) is 0 Å². The molecule has 1 aromatic heterocycles. The number of hydrogen-bond acceptors (Lipinski definition) is 3. The predicted molar refractivity (Wildman–Crippen MR) is 131 cm³/mol. The zero-order valence-corrected chi connectivity index (χ0v) is 19.4. The minimum atomic E-state index is -0.616. The van der Waals surface area contributed by atoms with Gasteiger partial charge in [-0.1, -0.05) is 54.1 Å². The van der Waals surface area contributed by atoms with Gasteiger partial charge in [-0.2, -0.15) is 0 Å². The summed E-state index contributed by atoms with van der Waals surface area (Å²) in [6.45, 7) is 5.60. The minimum Gasteiger partial charge on any atom is -0.356 e. The molecule has 3 aromatic rings. The molecule has 0 radical (unpaired) electrons. The van der Waals surface area contributed by atoms with Gasteiger partial charge in [0.2, 0.25) is 11.8 Å². The Labute approximate surface area is 195 Å². The summed E-state index contributed by atoms with van der Waals surface area (Å²) < 4.78 is 0. The lowest BCUT2D eigenvalue weighted by Gasteiger charge is -2.28. The first-order valence-corrected chi connectivity index (χ1v) is 11.6. The van der Waals surface area contributed by atoms with Gasteiger partial charge in [0.1, 0.15) is 0 Å². The highest BCUT2D eigenvalue weighted by molar-refractivity contribution is 5.86. The number of likely N-dealkylation sites (tertiary alicyclic amines) is 1. The molecule has 2 aromatic carbocycles. The van der Waals surface area contributed by atoms with Crippen molar-refractivity contribution in [3.8, 4) is 11.1 Å². The number of pyridine rings is 1. The van der Waals surface area contributed by atoms with Crippen molar-refractivity contribution >= 4 is 11.8 Å². The lowest BCUT2D eigenvalue weighted by Crippen LogP contribution is -2.45. The third-order valence-electron chi connectivity index (χ3n) is 6.45. The number of carbonyl (C=O) groups is 2. The first kappa shape index (κ1) is 22.7. The fourth-order valence-corrected chi connectivity index (χ4v) is 4.75. The molecule has 0 aliphatic carbocycles. The maximum absolute atomic E-state index is 13.2. The monoisotopic (exact) mass is 441 g/mol. The van der Waals surface area contributed by atoms with Crippen LogP contribution >= 0.6 is 0 Å². The van der Waals surface area contributed by atoms with Gasteiger partial charge in [-0.05, 0) is 61.1 Å². The molecule has 0 bridgehead atoms. The molecular formula is C28H31N3O2. The van der Waals surface area contributed by atoms with Gasteiger partial charge >= 0.3 is 0 Å². The van der Waals surface area contributed by atoms with Crippen LogP contribution in [0.3, 0.4) is 0 Å². The number of carbonyl (C=O) groups excluding carboxylic acids is 2. The lowest BCUT2D eigenvalue weighted by molar-refractivity contribution is -0.132. The fourth-order valence-electron chi connectivity index (χ4n) is 4.75. The van der Waals surface area contributed by atoms with Crippen LogP contribution in [0.15, 0.2) is 73.1 Å². The number of hydrogen-bond donors (Lipinski definition) is 1. The second kappa shape index (κ2) is 9.99. The third-order valence-corrected chi connectivity index (χ3v) is 6.45. The average molecular weight is 442 g/mol. The Balaban J connectivity index is 1.54. The van der Waals surface area contributed by atoms with Crippen LogP contribution in [0.25, 0.3) is 11.1 Å². The fraction of sp³-hybridized carbons (Fsp3) is 0.321. The van der Waals surface area contributed by atoms with E-state index in [0.717, 1.165) is 27.8 Å². The van der Waals surface area contributed by atoms with E-state index in [1.807, 2.05) is 55.1 Å². The van der Waals surface area contributed by atoms with Gasteiger partial charge in [0.15, 0.2) is 0 Å². The largest absolute Gasteiger partial charge is 0.356 e. The highest BCUT2D eigenvalue weighted by Gasteiger charge is 2.45. The van der Waals surface area contributed by atoms with E-state index < -0.39 is 5.41 Å². The maximum atomic E-state index is 13.2. The highest BCUT2D eigenvalue weighted by atomic mass is 16.2. The summed E-state index contributed by atoms with van der Waals surface area (Å²) in [4.78, 5) is 32.3. The molecule has 2 amide bonds. The molecule has 0 saturated carbocycles. The number of benzene rings is 2. The second-order valence-electron chi connectivity index (χ2n) is 8.98. The summed E-state index contributed by atoms with van der Waals surface area (Å²) in [6, 6.07) is 20.4. The zero-order valence-electron chi connectivity index (χ0n) is 19.4. The first-order valence-electron chi connectivity index (χ1n) is 11.6. The van der Waals surface area contributed by atoms with Crippen LogP contribution in [-0.2, 0) is 22.4 Å². The molecule has 170 valence electrons. The Kier molecular flexibility index (Phi) is 6.87. The zero-order chi connectivity index (χ0) is 23.3. The summed E-state index contributed by atoms with van der Waals surface area (Å²) in [5.74, 6) is 0.113. The molecule has 5 heteroatoms. The molecule has 1 N–H and O–H groups in total. The standard InChI is InChI=1S/C28H31N3O2/c1-3-30-27(33)28(19-23-8-5-9-25(17-23)24-10-13-29-14-11-24)12-15-31(20-28)26(32)18-22-7-4-6-21(2)16-22/h4-11,13-14,16-17H,3,12,15,18-20H2,1-2H3,(H,30,33). The molecule has 33 heavy (non-hydrogen) atoms. The number of rotatable bonds is 7. The Hall–Kier alpha value is -3.47. The van der Waals surface area contributed by atoms with Crippen molar-refractivity contribution in [1.29, 1.82) is 0 Å². The molecule has 1 aliphatic heterocycles. The Morgan fingerprint density at radius 1 is 1.00 bits per heavy atom. The first-order chi connectivity index (χ1) is 16.0. The molecule has 1 atom stereocenters. The summed E-state index contributed by atoms with van der Waals surface area (Å²) in [5.41, 5.74) is 4.85. The van der Waals surface area contributed by atoms with Crippen molar-refractivity contribution in [2.45, 2.75) is 33.1 Å². The molecular weight excluding hydrogens is 410 g/mol. The van der Waals surface area contributed by atoms with Crippen molar-refractivity contribution in [1.82, 2.24) is 15.2 Å². The van der Waals surface area contributed by atoms with Crippen LogP contribution in [0.4, 0.5) is 0 Å². The van der Waals surface area contributed by atoms with E-state index in [1.54, 1.807) is 12.4 Å². The molecule has 4 rings (SSSR count). The maximum Gasteiger partial charge on any atom is 0.228 e. The molecule has 1 fully saturated rings. The van der Waals surface area contributed by atoms with Crippen molar-refractivity contribution in [3.05, 3.63) is 89.7 Å². The Bertz CT molecular complexity index is 1130. The topological polar surface area (TPSA) is 62.3 Å². The van der Waals surface area contributed by atoms with E-state index in [1.165, 1.54) is 0 Å². The summed E-state index contributed by atoms with van der Waals surface area (Å²) in [7, 11) is 0. The number of aromatic nitrogens is 1.